The van der Waals surface area contributed by atoms with Gasteiger partial charge in [-0.15, -0.1) is 0 Å². The van der Waals surface area contributed by atoms with Crippen LogP contribution in [-0.4, -0.2) is 31.0 Å². The number of furan rings is 1. The third-order valence-electron chi connectivity index (χ3n) is 5.48. The molecule has 1 atom stereocenters. The number of ether oxygens (including phenoxy) is 2. The Morgan fingerprint density at radius 1 is 1.03 bits per heavy atom. The second kappa shape index (κ2) is 8.67. The van der Waals surface area contributed by atoms with Crippen LogP contribution in [0.15, 0.2) is 58.5 Å². The number of aliphatic hydroxyl groups excluding tert-OH is 1. The summed E-state index contributed by atoms with van der Waals surface area (Å²) in [5, 5.41) is 11.6. The number of nitrogens with zero attached hydrogens (tertiary/aromatic N) is 1. The van der Waals surface area contributed by atoms with Crippen LogP contribution in [-0.2, 0) is 9.59 Å². The number of carbonyl (C=O) groups excluding carboxylic acids is 2. The van der Waals surface area contributed by atoms with Crippen molar-refractivity contribution in [3.63, 3.8) is 0 Å². The van der Waals surface area contributed by atoms with Crippen molar-refractivity contribution in [2.45, 2.75) is 19.9 Å². The third-order valence-corrected chi connectivity index (χ3v) is 5.78. The molecule has 0 radical (unpaired) electrons. The number of aryl methyl sites for hydroxylation is 2. The maximum absolute atomic E-state index is 13.3. The molecule has 0 saturated carbocycles. The van der Waals surface area contributed by atoms with Crippen molar-refractivity contribution in [3.8, 4) is 11.5 Å². The molecule has 1 saturated heterocycles. The Kier molecular flexibility index (Phi) is 5.91. The number of benzene rings is 2. The van der Waals surface area contributed by atoms with Gasteiger partial charge in [0.05, 0.1) is 30.4 Å². The van der Waals surface area contributed by atoms with E-state index >= 15 is 0 Å². The molecule has 1 aromatic heterocycles. The maximum atomic E-state index is 13.3. The number of halogens is 1. The van der Waals surface area contributed by atoms with Crippen molar-refractivity contribution in [2.24, 2.45) is 0 Å². The largest absolute Gasteiger partial charge is 0.507 e. The molecule has 4 rings (SSSR count). The summed E-state index contributed by atoms with van der Waals surface area (Å²) in [4.78, 5) is 27.8. The predicted octanol–water partition coefficient (Wildman–Crippen LogP) is 5.19. The molecule has 170 valence electrons. The molecule has 1 aliphatic heterocycles. The van der Waals surface area contributed by atoms with Crippen molar-refractivity contribution >= 4 is 34.7 Å². The topological polar surface area (TPSA) is 89.2 Å². The van der Waals surface area contributed by atoms with E-state index in [1.54, 1.807) is 37.3 Å². The highest BCUT2D eigenvalue weighted by atomic mass is 35.5. The fraction of sp³-hybridized carbons (Fsp3) is 0.200. The predicted molar refractivity (Wildman–Crippen MR) is 124 cm³/mol. The number of carbonyl (C=O) groups is 2. The smallest absolute Gasteiger partial charge is 0.300 e. The molecule has 1 unspecified atom stereocenters. The fourth-order valence-electron chi connectivity index (χ4n) is 3.94. The Morgan fingerprint density at radius 3 is 2.36 bits per heavy atom. The average Bonchev–Trinajstić information content (AvgIpc) is 3.33. The summed E-state index contributed by atoms with van der Waals surface area (Å²) in [6.45, 7) is 3.65. The number of Topliss-reactive ketones (excluding diaryl/α,β-unsaturated/α-hetero) is 1. The molecule has 1 amide bonds. The highest BCUT2D eigenvalue weighted by Crippen LogP contribution is 2.45. The highest BCUT2D eigenvalue weighted by Gasteiger charge is 2.48. The van der Waals surface area contributed by atoms with Crippen LogP contribution < -0.4 is 14.4 Å². The van der Waals surface area contributed by atoms with Gasteiger partial charge in [-0.3, -0.25) is 14.5 Å². The number of anilines is 1. The lowest BCUT2D eigenvalue weighted by Crippen LogP contribution is -2.29. The van der Waals surface area contributed by atoms with E-state index in [9.17, 15) is 14.7 Å². The Morgan fingerprint density at radius 2 is 1.76 bits per heavy atom. The average molecular weight is 468 g/mol. The lowest BCUT2D eigenvalue weighted by atomic mass is 9.98. The molecule has 2 aromatic carbocycles. The first-order chi connectivity index (χ1) is 15.8. The Labute approximate surface area is 195 Å². The quantitative estimate of drug-likeness (QED) is 0.315. The minimum Gasteiger partial charge on any atom is -0.507 e. The van der Waals surface area contributed by atoms with Crippen LogP contribution in [0.3, 0.4) is 0 Å². The molecule has 1 aliphatic rings. The zero-order chi connectivity index (χ0) is 23.9. The SMILES string of the molecule is COc1cc(/C(O)=C2\C(=O)C(=O)N(c3cccc(C)c3)C2c2ccc(C)o2)c(OC)cc1Cl. The van der Waals surface area contributed by atoms with Crippen LogP contribution in [0, 0.1) is 13.8 Å². The van der Waals surface area contributed by atoms with Crippen LogP contribution in [0.4, 0.5) is 5.69 Å². The van der Waals surface area contributed by atoms with Crippen molar-refractivity contribution in [3.05, 3.63) is 81.8 Å². The van der Waals surface area contributed by atoms with E-state index < -0.39 is 23.5 Å². The van der Waals surface area contributed by atoms with Gasteiger partial charge in [0.25, 0.3) is 11.7 Å². The molecule has 33 heavy (non-hydrogen) atoms. The van der Waals surface area contributed by atoms with Gasteiger partial charge in [0.15, 0.2) is 0 Å². The summed E-state index contributed by atoms with van der Waals surface area (Å²) in [6.07, 6.45) is 0. The first kappa shape index (κ1) is 22.5. The number of ketones is 1. The first-order valence-corrected chi connectivity index (χ1v) is 10.5. The summed E-state index contributed by atoms with van der Waals surface area (Å²) in [5.74, 6) is -0.605. The van der Waals surface area contributed by atoms with Gasteiger partial charge >= 0.3 is 0 Å². The third kappa shape index (κ3) is 3.85. The zero-order valence-electron chi connectivity index (χ0n) is 18.5. The van der Waals surface area contributed by atoms with Crippen molar-refractivity contribution in [2.75, 3.05) is 19.1 Å². The lowest BCUT2D eigenvalue weighted by molar-refractivity contribution is -0.132. The monoisotopic (exact) mass is 467 g/mol. The van der Waals surface area contributed by atoms with E-state index in [2.05, 4.69) is 0 Å². The van der Waals surface area contributed by atoms with Gasteiger partial charge in [-0.1, -0.05) is 23.7 Å². The number of methoxy groups -OCH3 is 2. The summed E-state index contributed by atoms with van der Waals surface area (Å²) in [6, 6.07) is 12.6. The second-order valence-corrected chi connectivity index (χ2v) is 8.05. The summed E-state index contributed by atoms with van der Waals surface area (Å²) in [5.41, 5.74) is 1.46. The maximum Gasteiger partial charge on any atom is 0.300 e. The van der Waals surface area contributed by atoms with Gasteiger partial charge in [-0.25, -0.2) is 0 Å². The number of hydrogen-bond acceptors (Lipinski definition) is 6. The summed E-state index contributed by atoms with van der Waals surface area (Å²) in [7, 11) is 2.84. The Balaban J connectivity index is 1.99. The van der Waals surface area contributed by atoms with Gasteiger partial charge in [0.2, 0.25) is 0 Å². The van der Waals surface area contributed by atoms with Crippen LogP contribution in [0.25, 0.3) is 5.76 Å². The lowest BCUT2D eigenvalue weighted by Gasteiger charge is -2.24. The zero-order valence-corrected chi connectivity index (χ0v) is 19.3. The molecule has 0 aliphatic carbocycles. The van der Waals surface area contributed by atoms with Gasteiger partial charge in [-0.2, -0.15) is 0 Å². The number of hydrogen-bond donors (Lipinski definition) is 1. The van der Waals surface area contributed by atoms with Gasteiger partial charge in [-0.05, 0) is 49.7 Å². The summed E-state index contributed by atoms with van der Waals surface area (Å²) >= 11 is 6.19. The number of aliphatic hydroxyl groups is 1. The standard InChI is InChI=1S/C25H22ClNO6/c1-13-6-5-7-15(10-13)27-22(18-9-8-14(2)33-18)21(24(29)25(27)30)23(28)16-11-20(32-4)17(26)12-19(16)31-3/h5-12,22,28H,1-4H3/b23-21+. The minimum atomic E-state index is -0.980. The molecule has 8 heteroatoms. The molecule has 1 fully saturated rings. The van der Waals surface area contributed by atoms with Gasteiger partial charge in [0, 0.05) is 11.8 Å². The van der Waals surface area contributed by atoms with E-state index in [0.29, 0.717) is 17.2 Å². The van der Waals surface area contributed by atoms with E-state index in [-0.39, 0.29) is 27.7 Å². The van der Waals surface area contributed by atoms with Gasteiger partial charge in [0.1, 0.15) is 34.8 Å². The molecule has 0 spiro atoms. The van der Waals surface area contributed by atoms with E-state index in [1.165, 1.54) is 31.3 Å². The molecule has 0 bridgehead atoms. The molecular weight excluding hydrogens is 446 g/mol. The Hall–Kier alpha value is -3.71. The van der Waals surface area contributed by atoms with E-state index in [0.717, 1.165) is 5.56 Å². The highest BCUT2D eigenvalue weighted by molar-refractivity contribution is 6.51. The van der Waals surface area contributed by atoms with Crippen LogP contribution in [0.2, 0.25) is 5.02 Å². The number of rotatable bonds is 5. The minimum absolute atomic E-state index is 0.126. The van der Waals surface area contributed by atoms with Crippen molar-refractivity contribution < 1.29 is 28.6 Å². The van der Waals surface area contributed by atoms with E-state index in [1.807, 2.05) is 13.0 Å². The Bertz CT molecular complexity index is 1290. The van der Waals surface area contributed by atoms with Crippen LogP contribution >= 0.6 is 11.6 Å². The molecule has 3 aromatic rings. The first-order valence-electron chi connectivity index (χ1n) is 10.1. The molecule has 1 N–H and O–H groups in total. The molecular formula is C25H22ClNO6. The summed E-state index contributed by atoms with van der Waals surface area (Å²) < 4.78 is 16.5. The fourth-order valence-corrected chi connectivity index (χ4v) is 4.17. The van der Waals surface area contributed by atoms with E-state index in [4.69, 9.17) is 25.5 Å². The normalized spacial score (nSPS) is 17.5. The molecule has 2 heterocycles. The molecule has 7 nitrogen and oxygen atoms in total. The van der Waals surface area contributed by atoms with Crippen molar-refractivity contribution in [1.29, 1.82) is 0 Å². The van der Waals surface area contributed by atoms with Crippen LogP contribution in [0.1, 0.15) is 28.7 Å². The van der Waals surface area contributed by atoms with Crippen LogP contribution in [0.5, 0.6) is 11.5 Å². The van der Waals surface area contributed by atoms with Crippen molar-refractivity contribution in [1.82, 2.24) is 0 Å². The van der Waals surface area contributed by atoms with Gasteiger partial charge < -0.3 is 19.0 Å². The second-order valence-electron chi connectivity index (χ2n) is 7.64. The number of amides is 1.